The lowest BCUT2D eigenvalue weighted by Gasteiger charge is -2.35. The van der Waals surface area contributed by atoms with E-state index in [0.29, 0.717) is 18.8 Å². The molecule has 1 heterocycles. The van der Waals surface area contributed by atoms with E-state index in [4.69, 9.17) is 26.7 Å². The van der Waals surface area contributed by atoms with Crippen LogP contribution in [0.5, 0.6) is 0 Å². The minimum atomic E-state index is -0.816. The second kappa shape index (κ2) is 10.8. The summed E-state index contributed by atoms with van der Waals surface area (Å²) in [6.07, 6.45) is 4.65. The van der Waals surface area contributed by atoms with Gasteiger partial charge < -0.3 is 31.6 Å². The van der Waals surface area contributed by atoms with Crippen LogP contribution in [0.25, 0.3) is 0 Å². The summed E-state index contributed by atoms with van der Waals surface area (Å²) in [4.78, 5) is 25.3. The molecule has 1 saturated carbocycles. The van der Waals surface area contributed by atoms with E-state index in [0.717, 1.165) is 45.3 Å². The van der Waals surface area contributed by atoms with E-state index < -0.39 is 16.7 Å². The smallest absolute Gasteiger partial charge is 0.410 e. The number of hydrogen-bond donors (Lipinski definition) is 3. The monoisotopic (exact) mass is 428 g/mol. The molecule has 2 aliphatic rings. The normalized spacial score (nSPS) is 25.8. The number of hydrogen-bond acceptors (Lipinski definition) is 7. The van der Waals surface area contributed by atoms with Gasteiger partial charge in [0.2, 0.25) is 0 Å². The van der Waals surface area contributed by atoms with Crippen LogP contribution in [-0.4, -0.2) is 59.4 Å². The molecular formula is C22H44N4O4. The fourth-order valence-electron chi connectivity index (χ4n) is 3.42. The number of rotatable bonds is 2. The van der Waals surface area contributed by atoms with Gasteiger partial charge in [-0.1, -0.05) is 0 Å². The number of piperidine rings is 1. The van der Waals surface area contributed by atoms with E-state index in [1.807, 2.05) is 41.5 Å². The van der Waals surface area contributed by atoms with Gasteiger partial charge in [-0.2, -0.15) is 0 Å². The fourth-order valence-corrected chi connectivity index (χ4v) is 3.42. The van der Waals surface area contributed by atoms with Gasteiger partial charge in [0.15, 0.2) is 0 Å². The zero-order chi connectivity index (χ0) is 23.2. The summed E-state index contributed by atoms with van der Waals surface area (Å²) in [5, 5.41) is 0. The quantitative estimate of drug-likeness (QED) is 0.575. The summed E-state index contributed by atoms with van der Waals surface area (Å²) in [5.74, 6) is 0.283. The molecule has 0 aromatic heterocycles. The van der Waals surface area contributed by atoms with E-state index in [-0.39, 0.29) is 18.1 Å². The molecule has 8 nitrogen and oxygen atoms in total. The van der Waals surface area contributed by atoms with Gasteiger partial charge in [0.05, 0.1) is 0 Å². The zero-order valence-corrected chi connectivity index (χ0v) is 19.8. The molecule has 0 aromatic carbocycles. The number of carbonyl (C=O) groups excluding carboxylic acids is 2. The molecule has 176 valence electrons. The summed E-state index contributed by atoms with van der Waals surface area (Å²) in [6.45, 7) is 13.5. The highest BCUT2D eigenvalue weighted by molar-refractivity contribution is 5.81. The highest BCUT2D eigenvalue weighted by Crippen LogP contribution is 2.28. The molecule has 6 N–H and O–H groups in total. The van der Waals surface area contributed by atoms with Crippen molar-refractivity contribution in [2.24, 2.45) is 23.1 Å². The van der Waals surface area contributed by atoms with Gasteiger partial charge >= 0.3 is 12.1 Å². The molecule has 0 radical (unpaired) electrons. The van der Waals surface area contributed by atoms with Crippen molar-refractivity contribution in [3.63, 3.8) is 0 Å². The first-order valence-electron chi connectivity index (χ1n) is 11.1. The maximum atomic E-state index is 11.9. The van der Waals surface area contributed by atoms with Crippen LogP contribution in [-0.2, 0) is 14.3 Å². The number of likely N-dealkylation sites (tertiary alicyclic amines) is 1. The molecule has 0 atom stereocenters. The van der Waals surface area contributed by atoms with Crippen molar-refractivity contribution in [1.82, 2.24) is 4.90 Å². The van der Waals surface area contributed by atoms with Crippen LogP contribution in [0, 0.1) is 5.92 Å². The molecule has 2 fully saturated rings. The molecule has 1 amide bonds. The SMILES string of the molecule is CC(C)(C)OC(=O)C1(N)CCC(N)CC1.CC(C)(C)OC(=O)N1CCC(CN)CC1. The van der Waals surface area contributed by atoms with E-state index in [1.54, 1.807) is 4.90 Å². The maximum Gasteiger partial charge on any atom is 0.410 e. The zero-order valence-electron chi connectivity index (χ0n) is 19.8. The number of esters is 1. The predicted octanol–water partition coefficient (Wildman–Crippen LogP) is 2.52. The third-order valence-corrected chi connectivity index (χ3v) is 5.33. The maximum absolute atomic E-state index is 11.9. The van der Waals surface area contributed by atoms with Gasteiger partial charge in [0.1, 0.15) is 16.7 Å². The lowest BCUT2D eigenvalue weighted by Crippen LogP contribution is -2.54. The Bertz CT molecular complexity index is 552. The highest BCUT2D eigenvalue weighted by atomic mass is 16.6. The summed E-state index contributed by atoms with van der Waals surface area (Å²) < 4.78 is 10.6. The van der Waals surface area contributed by atoms with Crippen molar-refractivity contribution in [3.05, 3.63) is 0 Å². The second-order valence-electron chi connectivity index (χ2n) is 10.6. The Morgan fingerprint density at radius 3 is 1.80 bits per heavy atom. The van der Waals surface area contributed by atoms with Crippen LogP contribution in [0.4, 0.5) is 4.79 Å². The molecule has 0 spiro atoms. The largest absolute Gasteiger partial charge is 0.459 e. The van der Waals surface area contributed by atoms with Crippen LogP contribution in [0.1, 0.15) is 80.1 Å². The molecule has 8 heteroatoms. The fraction of sp³-hybridized carbons (Fsp3) is 0.909. The topological polar surface area (TPSA) is 134 Å². The van der Waals surface area contributed by atoms with E-state index in [1.165, 1.54) is 0 Å². The summed E-state index contributed by atoms with van der Waals surface area (Å²) in [7, 11) is 0. The first-order valence-corrected chi connectivity index (χ1v) is 11.1. The summed E-state index contributed by atoms with van der Waals surface area (Å²) >= 11 is 0. The lowest BCUT2D eigenvalue weighted by atomic mass is 9.80. The van der Waals surface area contributed by atoms with Gasteiger partial charge in [-0.25, -0.2) is 4.79 Å². The Hall–Kier alpha value is -1.38. The third kappa shape index (κ3) is 9.62. The van der Waals surface area contributed by atoms with E-state index in [2.05, 4.69) is 0 Å². The number of nitrogens with zero attached hydrogens (tertiary/aromatic N) is 1. The molecule has 1 aliphatic heterocycles. The summed E-state index contributed by atoms with van der Waals surface area (Å²) in [5.41, 5.74) is 15.7. The van der Waals surface area contributed by atoms with E-state index >= 15 is 0 Å². The number of carbonyl (C=O) groups is 2. The van der Waals surface area contributed by atoms with Crippen molar-refractivity contribution in [1.29, 1.82) is 0 Å². The minimum absolute atomic E-state index is 0.184. The van der Waals surface area contributed by atoms with Gasteiger partial charge in [0, 0.05) is 19.1 Å². The van der Waals surface area contributed by atoms with Gasteiger partial charge in [0.25, 0.3) is 0 Å². The third-order valence-electron chi connectivity index (χ3n) is 5.33. The molecule has 1 aliphatic carbocycles. The summed E-state index contributed by atoms with van der Waals surface area (Å²) in [6, 6.07) is 0.184. The highest BCUT2D eigenvalue weighted by Gasteiger charge is 2.40. The Morgan fingerprint density at radius 2 is 1.40 bits per heavy atom. The molecule has 2 rings (SSSR count). The van der Waals surface area contributed by atoms with Crippen LogP contribution in [0.15, 0.2) is 0 Å². The first kappa shape index (κ1) is 26.7. The van der Waals surface area contributed by atoms with Crippen LogP contribution >= 0.6 is 0 Å². The molecule has 0 unspecified atom stereocenters. The Labute approximate surface area is 182 Å². The average Bonchev–Trinajstić information content (AvgIpc) is 2.62. The lowest BCUT2D eigenvalue weighted by molar-refractivity contribution is -0.163. The van der Waals surface area contributed by atoms with Gasteiger partial charge in [-0.3, -0.25) is 4.79 Å². The average molecular weight is 429 g/mol. The Morgan fingerprint density at radius 1 is 0.933 bits per heavy atom. The predicted molar refractivity (Wildman–Crippen MR) is 119 cm³/mol. The number of amides is 1. The molecule has 0 bridgehead atoms. The molecule has 0 aromatic rings. The van der Waals surface area contributed by atoms with Crippen molar-refractivity contribution >= 4 is 12.1 Å². The molecule has 1 saturated heterocycles. The van der Waals surface area contributed by atoms with E-state index in [9.17, 15) is 9.59 Å². The van der Waals surface area contributed by atoms with Crippen molar-refractivity contribution < 1.29 is 19.1 Å². The van der Waals surface area contributed by atoms with Crippen LogP contribution in [0.2, 0.25) is 0 Å². The molecule has 30 heavy (non-hydrogen) atoms. The number of nitrogens with two attached hydrogens (primary N) is 3. The van der Waals surface area contributed by atoms with Crippen molar-refractivity contribution in [2.75, 3.05) is 19.6 Å². The minimum Gasteiger partial charge on any atom is -0.459 e. The Kier molecular flexibility index (Phi) is 9.57. The van der Waals surface area contributed by atoms with Crippen LogP contribution < -0.4 is 17.2 Å². The Balaban J connectivity index is 0.000000300. The van der Waals surface area contributed by atoms with Crippen molar-refractivity contribution in [3.8, 4) is 0 Å². The standard InChI is InChI=1S/2C11H22N2O2/c1-11(2,3)15-10(14)13-6-4-9(8-12)5-7-13;1-10(2,3)15-9(14)11(13)6-4-8(12)5-7-11/h9H,4-8,12H2,1-3H3;8H,4-7,12-13H2,1-3H3. The number of ether oxygens (including phenoxy) is 2. The van der Waals surface area contributed by atoms with Crippen LogP contribution in [0.3, 0.4) is 0 Å². The van der Waals surface area contributed by atoms with Gasteiger partial charge in [-0.15, -0.1) is 0 Å². The molecular weight excluding hydrogens is 384 g/mol. The van der Waals surface area contributed by atoms with Crippen molar-refractivity contribution in [2.45, 2.75) is 103 Å². The first-order chi connectivity index (χ1) is 13.6. The second-order valence-corrected chi connectivity index (χ2v) is 10.6. The van der Waals surface area contributed by atoms with Gasteiger partial charge in [-0.05, 0) is 92.5 Å².